The second kappa shape index (κ2) is 7.72. The van der Waals surface area contributed by atoms with Gasteiger partial charge in [-0.1, -0.05) is 11.6 Å². The lowest BCUT2D eigenvalue weighted by Gasteiger charge is -2.24. The van der Waals surface area contributed by atoms with Gasteiger partial charge in [0.2, 0.25) is 0 Å². The van der Waals surface area contributed by atoms with E-state index in [0.29, 0.717) is 28.5 Å². The van der Waals surface area contributed by atoms with Gasteiger partial charge in [0.05, 0.1) is 15.4 Å². The van der Waals surface area contributed by atoms with Gasteiger partial charge in [-0.3, -0.25) is 0 Å². The maximum absolute atomic E-state index is 12.8. The molecule has 5 nitrogen and oxygen atoms in total. The first-order chi connectivity index (χ1) is 9.95. The van der Waals surface area contributed by atoms with Crippen molar-refractivity contribution in [2.75, 3.05) is 33.4 Å². The van der Waals surface area contributed by atoms with Crippen LogP contribution < -0.4 is 5.32 Å². The molecular weight excluding hydrogens is 400 g/mol. The number of halogens is 2. The van der Waals surface area contributed by atoms with E-state index in [2.05, 4.69) is 21.2 Å². The standard InChI is InChI=1S/C12H18BrClN2O3S2/c1-19-6-5-16(8-9-3-2-4-15-9)21(17,18)11-7-10(14)12(13)20-11/h7,9,15H,2-6,8H2,1H3. The maximum atomic E-state index is 12.8. The lowest BCUT2D eigenvalue weighted by Crippen LogP contribution is -2.42. The number of hydrogen-bond donors (Lipinski definition) is 1. The number of sulfonamides is 1. The second-order valence-corrected chi connectivity index (χ2v) is 9.78. The molecule has 1 aromatic heterocycles. The Hall–Kier alpha value is 0.300. The Morgan fingerprint density at radius 3 is 2.90 bits per heavy atom. The van der Waals surface area contributed by atoms with Crippen LogP contribution in [0.15, 0.2) is 14.1 Å². The SMILES string of the molecule is COCCN(CC1CCCN1)S(=O)(=O)c1cc(Cl)c(Br)s1. The van der Waals surface area contributed by atoms with Gasteiger partial charge in [-0.25, -0.2) is 8.42 Å². The van der Waals surface area contributed by atoms with E-state index in [9.17, 15) is 8.42 Å². The van der Waals surface area contributed by atoms with Crippen LogP contribution in [0.4, 0.5) is 0 Å². The quantitative estimate of drug-likeness (QED) is 0.741. The van der Waals surface area contributed by atoms with E-state index in [1.165, 1.54) is 10.4 Å². The topological polar surface area (TPSA) is 58.6 Å². The molecule has 1 N–H and O–H groups in total. The lowest BCUT2D eigenvalue weighted by atomic mass is 10.2. The van der Waals surface area contributed by atoms with Crippen LogP contribution in [0.2, 0.25) is 5.02 Å². The zero-order valence-electron chi connectivity index (χ0n) is 11.6. The summed E-state index contributed by atoms with van der Waals surface area (Å²) >= 11 is 10.4. The van der Waals surface area contributed by atoms with Crippen molar-refractivity contribution in [3.8, 4) is 0 Å². The molecule has 0 bridgehead atoms. The molecule has 0 radical (unpaired) electrons. The Morgan fingerprint density at radius 2 is 2.38 bits per heavy atom. The van der Waals surface area contributed by atoms with Crippen molar-refractivity contribution < 1.29 is 13.2 Å². The lowest BCUT2D eigenvalue weighted by molar-refractivity contribution is 0.176. The molecular formula is C12H18BrClN2O3S2. The van der Waals surface area contributed by atoms with Crippen LogP contribution in [0.1, 0.15) is 12.8 Å². The summed E-state index contributed by atoms with van der Waals surface area (Å²) in [7, 11) is -1.98. The monoisotopic (exact) mass is 416 g/mol. The predicted octanol–water partition coefficient (Wildman–Crippen LogP) is 2.55. The molecule has 1 aliphatic rings. The largest absolute Gasteiger partial charge is 0.383 e. The first kappa shape index (κ1) is 17.7. The molecule has 1 fully saturated rings. The van der Waals surface area contributed by atoms with E-state index >= 15 is 0 Å². The zero-order chi connectivity index (χ0) is 15.5. The molecule has 21 heavy (non-hydrogen) atoms. The van der Waals surface area contributed by atoms with Gasteiger partial charge >= 0.3 is 0 Å². The molecule has 2 heterocycles. The van der Waals surface area contributed by atoms with Crippen LogP contribution in [0.3, 0.4) is 0 Å². The average Bonchev–Trinajstić information content (AvgIpc) is 3.05. The summed E-state index contributed by atoms with van der Waals surface area (Å²) < 4.78 is 32.9. The fourth-order valence-corrected chi connectivity index (χ4v) is 6.27. The number of rotatable bonds is 7. The molecule has 0 saturated carbocycles. The summed E-state index contributed by atoms with van der Waals surface area (Å²) in [4.78, 5) is 0. The number of nitrogens with one attached hydrogen (secondary N) is 1. The number of ether oxygens (including phenoxy) is 1. The van der Waals surface area contributed by atoms with Gasteiger partial charge in [-0.05, 0) is 41.4 Å². The Morgan fingerprint density at radius 1 is 1.62 bits per heavy atom. The Labute approximate surface area is 142 Å². The van der Waals surface area contributed by atoms with Crippen LogP contribution >= 0.6 is 38.9 Å². The molecule has 0 amide bonds. The van der Waals surface area contributed by atoms with Gasteiger partial charge in [0, 0.05) is 26.2 Å². The molecule has 1 aliphatic heterocycles. The minimum Gasteiger partial charge on any atom is -0.383 e. The first-order valence-electron chi connectivity index (χ1n) is 6.62. The van der Waals surface area contributed by atoms with Gasteiger partial charge in [0.1, 0.15) is 4.21 Å². The first-order valence-corrected chi connectivity index (χ1v) is 10.0. The molecule has 1 unspecified atom stereocenters. The van der Waals surface area contributed by atoms with Gasteiger partial charge in [0.15, 0.2) is 0 Å². The summed E-state index contributed by atoms with van der Waals surface area (Å²) in [5, 5.41) is 3.75. The van der Waals surface area contributed by atoms with Crippen LogP contribution in [-0.4, -0.2) is 52.1 Å². The molecule has 0 spiro atoms. The van der Waals surface area contributed by atoms with Crippen molar-refractivity contribution in [1.29, 1.82) is 0 Å². The molecule has 1 saturated heterocycles. The van der Waals surface area contributed by atoms with E-state index in [0.717, 1.165) is 30.7 Å². The molecule has 2 rings (SSSR count). The third-order valence-corrected chi connectivity index (χ3v) is 8.14. The molecule has 1 atom stereocenters. The molecule has 9 heteroatoms. The van der Waals surface area contributed by atoms with Gasteiger partial charge < -0.3 is 10.1 Å². The third kappa shape index (κ3) is 4.40. The number of thiophene rings is 1. The zero-order valence-corrected chi connectivity index (χ0v) is 15.6. The van der Waals surface area contributed by atoms with E-state index in [-0.39, 0.29) is 10.3 Å². The van der Waals surface area contributed by atoms with E-state index in [1.807, 2.05) is 0 Å². The predicted molar refractivity (Wildman–Crippen MR) is 88.7 cm³/mol. The highest BCUT2D eigenvalue weighted by molar-refractivity contribution is 9.11. The van der Waals surface area contributed by atoms with Crippen LogP contribution in [0.5, 0.6) is 0 Å². The third-order valence-electron chi connectivity index (χ3n) is 3.35. The fraction of sp³-hybridized carbons (Fsp3) is 0.667. The summed E-state index contributed by atoms with van der Waals surface area (Å²) in [6, 6.07) is 1.70. The van der Waals surface area contributed by atoms with Crippen LogP contribution in [-0.2, 0) is 14.8 Å². The number of nitrogens with zero attached hydrogens (tertiary/aromatic N) is 1. The minimum absolute atomic E-state index is 0.204. The van der Waals surface area contributed by atoms with Crippen molar-refractivity contribution in [2.24, 2.45) is 0 Å². The van der Waals surface area contributed by atoms with Crippen LogP contribution in [0, 0.1) is 0 Å². The van der Waals surface area contributed by atoms with Crippen LogP contribution in [0.25, 0.3) is 0 Å². The van der Waals surface area contributed by atoms with Crippen molar-refractivity contribution in [3.05, 3.63) is 14.9 Å². The van der Waals surface area contributed by atoms with Gasteiger partial charge in [0.25, 0.3) is 10.0 Å². The molecule has 0 aliphatic carbocycles. The highest BCUT2D eigenvalue weighted by Crippen LogP contribution is 2.36. The van der Waals surface area contributed by atoms with Crippen molar-refractivity contribution in [1.82, 2.24) is 9.62 Å². The van der Waals surface area contributed by atoms with Crippen molar-refractivity contribution in [2.45, 2.75) is 23.1 Å². The summed E-state index contributed by atoms with van der Waals surface area (Å²) in [5.74, 6) is 0. The summed E-state index contributed by atoms with van der Waals surface area (Å²) in [6.07, 6.45) is 2.08. The second-order valence-electron chi connectivity index (χ2n) is 4.84. The molecule has 0 aromatic carbocycles. The summed E-state index contributed by atoms with van der Waals surface area (Å²) in [6.45, 7) is 2.11. The fourth-order valence-electron chi connectivity index (χ4n) is 2.24. The number of hydrogen-bond acceptors (Lipinski definition) is 5. The maximum Gasteiger partial charge on any atom is 0.252 e. The van der Waals surface area contributed by atoms with Gasteiger partial charge in [-0.15, -0.1) is 11.3 Å². The Kier molecular flexibility index (Phi) is 6.49. The summed E-state index contributed by atoms with van der Waals surface area (Å²) in [5.41, 5.74) is 0. The normalized spacial score (nSPS) is 19.5. The Bertz CT molecular complexity index is 554. The van der Waals surface area contributed by atoms with Crippen molar-refractivity contribution >= 4 is 48.9 Å². The smallest absolute Gasteiger partial charge is 0.252 e. The van der Waals surface area contributed by atoms with E-state index in [4.69, 9.17) is 16.3 Å². The highest BCUT2D eigenvalue weighted by Gasteiger charge is 2.30. The Balaban J connectivity index is 2.20. The number of methoxy groups -OCH3 is 1. The van der Waals surface area contributed by atoms with Gasteiger partial charge in [-0.2, -0.15) is 4.31 Å². The average molecular weight is 418 g/mol. The molecule has 1 aromatic rings. The highest BCUT2D eigenvalue weighted by atomic mass is 79.9. The van der Waals surface area contributed by atoms with Crippen molar-refractivity contribution in [3.63, 3.8) is 0 Å². The minimum atomic E-state index is -3.55. The van der Waals surface area contributed by atoms with E-state index < -0.39 is 10.0 Å². The molecule has 120 valence electrons. The van der Waals surface area contributed by atoms with E-state index in [1.54, 1.807) is 7.11 Å².